The topological polar surface area (TPSA) is 0 Å². The Morgan fingerprint density at radius 2 is 1.27 bits per heavy atom. The van der Waals surface area contributed by atoms with E-state index in [0.717, 1.165) is 6.42 Å². The Labute approximate surface area is 198 Å². The number of rotatable bonds is 2. The second kappa shape index (κ2) is 11.8. The molecule has 0 bridgehead atoms. The van der Waals surface area contributed by atoms with Gasteiger partial charge >= 0.3 is 41.9 Å². The van der Waals surface area contributed by atoms with E-state index in [-0.39, 0.29) is 5.43 Å². The molecule has 0 unspecified atom stereocenters. The van der Waals surface area contributed by atoms with Gasteiger partial charge in [0.1, 0.15) is 0 Å². The van der Waals surface area contributed by atoms with Crippen LogP contribution in [0.1, 0.15) is 34.7 Å². The molecule has 4 aromatic carbocycles. The molecule has 0 aliphatic carbocycles. The third-order valence-electron chi connectivity index (χ3n) is 5.50. The average molecular weight is 490 g/mol. The summed E-state index contributed by atoms with van der Waals surface area (Å²) in [5.41, 5.74) is 10.1. The van der Waals surface area contributed by atoms with E-state index in [1.807, 2.05) is 0 Å². The maximum absolute atomic E-state index is 2.32. The van der Waals surface area contributed by atoms with Gasteiger partial charge in [-0.15, -0.1) is 46.2 Å². The average Bonchev–Trinajstić information content (AvgIpc) is 3.21. The fraction of sp³-hybridized carbons (Fsp3) is 0.286. The molecule has 30 heavy (non-hydrogen) atoms. The predicted molar refractivity (Wildman–Crippen MR) is 133 cm³/mol. The fourth-order valence-corrected chi connectivity index (χ4v) is 3.64. The van der Waals surface area contributed by atoms with Crippen LogP contribution in [0.2, 0.25) is 13.1 Å². The van der Waals surface area contributed by atoms with Gasteiger partial charge in [-0.1, -0.05) is 76.6 Å². The monoisotopic (exact) mass is 488 g/mol. The Morgan fingerprint density at radius 1 is 0.767 bits per heavy atom. The quantitative estimate of drug-likeness (QED) is 0.196. The first-order chi connectivity index (χ1) is 14.3. The molecule has 0 atom stereocenters. The van der Waals surface area contributed by atoms with Crippen LogP contribution in [-0.4, -0.2) is 5.43 Å². The zero-order valence-electron chi connectivity index (χ0n) is 19.6. The normalized spacial score (nSPS) is 10.2. The van der Waals surface area contributed by atoms with Crippen LogP contribution in [0.4, 0.5) is 0 Å². The molecular weight excluding hydrogens is 456 g/mol. The van der Waals surface area contributed by atoms with Crippen LogP contribution in [0.25, 0.3) is 21.9 Å². The predicted octanol–water partition coefficient (Wildman–Crippen LogP) is 8.21. The van der Waals surface area contributed by atoms with Crippen molar-refractivity contribution in [2.45, 2.75) is 54.1 Å². The summed E-state index contributed by atoms with van der Waals surface area (Å²) in [7, 11) is 0. The second-order valence-corrected chi connectivity index (χ2v) is 17.5. The maximum atomic E-state index is 2.32. The molecule has 154 valence electrons. The van der Waals surface area contributed by atoms with E-state index in [1.165, 1.54) is 49.7 Å². The molecule has 0 N–H and O–H groups in total. The van der Waals surface area contributed by atoms with Crippen molar-refractivity contribution in [1.82, 2.24) is 0 Å². The number of aryl methyl sites for hydroxylation is 3. The van der Waals surface area contributed by atoms with E-state index >= 15 is 0 Å². The van der Waals surface area contributed by atoms with Gasteiger partial charge in [-0.2, -0.15) is 28.3 Å². The smallest absolute Gasteiger partial charge is 0.0632 e. The minimum absolute atomic E-state index is 0.210. The first-order valence-electron chi connectivity index (χ1n) is 10.7. The van der Waals surface area contributed by atoms with Gasteiger partial charge in [-0.25, -0.2) is 0 Å². The van der Waals surface area contributed by atoms with Crippen LogP contribution in [0.5, 0.6) is 0 Å². The van der Waals surface area contributed by atoms with E-state index in [4.69, 9.17) is 0 Å². The van der Waals surface area contributed by atoms with Crippen molar-refractivity contribution in [2.75, 3.05) is 0 Å². The molecule has 0 aliphatic heterocycles. The van der Waals surface area contributed by atoms with Crippen LogP contribution in [-0.2, 0) is 29.8 Å². The number of hydrogen-bond acceptors (Lipinski definition) is 0. The Morgan fingerprint density at radius 3 is 1.73 bits per heavy atom. The molecule has 0 nitrogen and oxygen atoms in total. The molecular formula is C28H34SiZr. The van der Waals surface area contributed by atoms with Gasteiger partial charge in [0.15, 0.2) is 0 Å². The Bertz CT molecular complexity index is 1070. The molecule has 4 aromatic rings. The van der Waals surface area contributed by atoms with Crippen molar-refractivity contribution in [3.05, 3.63) is 94.5 Å². The molecule has 0 fully saturated rings. The fourth-order valence-electron chi connectivity index (χ4n) is 3.64. The molecule has 0 spiro atoms. The van der Waals surface area contributed by atoms with Crippen LogP contribution < -0.4 is 0 Å². The Balaban J connectivity index is 0.000000207. The van der Waals surface area contributed by atoms with Gasteiger partial charge in [-0.05, 0) is 6.42 Å². The van der Waals surface area contributed by atoms with E-state index < -0.39 is 0 Å². The van der Waals surface area contributed by atoms with Crippen molar-refractivity contribution in [3.8, 4) is 11.1 Å². The van der Waals surface area contributed by atoms with Crippen LogP contribution >= 0.6 is 0 Å². The molecule has 0 aromatic heterocycles. The van der Waals surface area contributed by atoms with Crippen molar-refractivity contribution in [1.29, 1.82) is 0 Å². The van der Waals surface area contributed by atoms with Gasteiger partial charge in [0.25, 0.3) is 0 Å². The van der Waals surface area contributed by atoms with Gasteiger partial charge < -0.3 is 0 Å². The number of hydrogen-bond donors (Lipinski definition) is 0. The molecule has 4 rings (SSSR count). The number of fused-ring (bicyclic) bond motifs is 1. The third kappa shape index (κ3) is 6.50. The standard InChI is InChI=1S/C17H15.C9H13.C2H6Si.Zr/c1-2-13-12-15-10-6-7-11-16(15)17(13)14-8-4-3-5-9-14;1-6-5-7(2)9(4)8(6)3;1-3-2;/h3-12H,2H2,1H3;5H,1-4H3;1-2H3;/q2*-1;;+2. The molecule has 0 saturated carbocycles. The first-order valence-corrected chi connectivity index (χ1v) is 16.9. The summed E-state index contributed by atoms with van der Waals surface area (Å²) in [6.07, 6.45) is 1.08. The van der Waals surface area contributed by atoms with E-state index in [1.54, 1.807) is 23.3 Å². The summed E-state index contributed by atoms with van der Waals surface area (Å²) < 4.78 is 0. The number of benzene rings is 2. The van der Waals surface area contributed by atoms with E-state index in [2.05, 4.69) is 114 Å². The van der Waals surface area contributed by atoms with Crippen molar-refractivity contribution in [2.24, 2.45) is 0 Å². The summed E-state index contributed by atoms with van der Waals surface area (Å²) in [5.74, 6) is 0. The van der Waals surface area contributed by atoms with Gasteiger partial charge in [0, 0.05) is 0 Å². The summed E-state index contributed by atoms with van der Waals surface area (Å²) in [4.78, 5) is 0. The Hall–Kier alpha value is -1.50. The summed E-state index contributed by atoms with van der Waals surface area (Å²) in [6.45, 7) is 15.5. The molecule has 0 saturated heterocycles. The van der Waals surface area contributed by atoms with Crippen molar-refractivity contribution >= 4 is 16.2 Å². The van der Waals surface area contributed by atoms with Gasteiger partial charge in [0.2, 0.25) is 0 Å². The van der Waals surface area contributed by atoms with Crippen molar-refractivity contribution < 1.29 is 23.3 Å². The van der Waals surface area contributed by atoms with E-state index in [9.17, 15) is 0 Å². The van der Waals surface area contributed by atoms with Crippen LogP contribution in [0.3, 0.4) is 0 Å². The molecule has 2 heteroatoms. The third-order valence-corrected chi connectivity index (χ3v) is 5.50. The van der Waals surface area contributed by atoms with E-state index in [0.29, 0.717) is 0 Å². The van der Waals surface area contributed by atoms with Crippen LogP contribution in [0, 0.1) is 27.7 Å². The van der Waals surface area contributed by atoms with Gasteiger partial charge in [0.05, 0.1) is 0 Å². The summed E-state index contributed by atoms with van der Waals surface area (Å²) in [6, 6.07) is 23.9. The minimum atomic E-state index is 0.210. The maximum Gasteiger partial charge on any atom is -0.0632 e. The van der Waals surface area contributed by atoms with Gasteiger partial charge in [-0.3, -0.25) is 0 Å². The zero-order valence-corrected chi connectivity index (χ0v) is 23.0. The largest absolute Gasteiger partial charge is 0.196 e. The summed E-state index contributed by atoms with van der Waals surface area (Å²) in [5, 5.41) is 2.72. The van der Waals surface area contributed by atoms with Crippen molar-refractivity contribution in [3.63, 3.8) is 0 Å². The molecule has 0 heterocycles. The first kappa shape index (κ1) is 24.8. The molecule has 0 radical (unpaired) electrons. The second-order valence-electron chi connectivity index (χ2n) is 8.11. The van der Waals surface area contributed by atoms with Crippen LogP contribution in [0.15, 0.2) is 66.7 Å². The minimum Gasteiger partial charge on any atom is -0.196 e. The molecule has 0 amide bonds. The SMILES string of the molecule is CCc1[cH-]c2ccccc2c1-c1ccccc1.C[Si](C)=[Zr+2].Cc1[cH-]c(C)c(C)c1C. The zero-order chi connectivity index (χ0) is 22.3. The Kier molecular flexibility index (Phi) is 9.72. The summed E-state index contributed by atoms with van der Waals surface area (Å²) >= 11 is 1.74. The molecule has 0 aliphatic rings.